The Morgan fingerprint density at radius 3 is 2.91 bits per heavy atom. The summed E-state index contributed by atoms with van der Waals surface area (Å²) in [5, 5.41) is 4.62. The summed E-state index contributed by atoms with van der Waals surface area (Å²) >= 11 is 1.38. The largest absolute Gasteiger partial charge is 0.333 e. The zero-order chi connectivity index (χ0) is 16.0. The molecule has 0 aliphatic carbocycles. The molecular weight excluding hydrogens is 312 g/mol. The summed E-state index contributed by atoms with van der Waals surface area (Å²) < 4.78 is 5.40. The number of aryl methyl sites for hydroxylation is 2. The van der Waals surface area contributed by atoms with Crippen LogP contribution in [0.3, 0.4) is 0 Å². The Kier molecular flexibility index (Phi) is 3.09. The van der Waals surface area contributed by atoms with Gasteiger partial charge in [0.15, 0.2) is 0 Å². The fraction of sp³-hybridized carbons (Fsp3) is 0.125. The molecule has 0 unspecified atom stereocenters. The van der Waals surface area contributed by atoms with Crippen molar-refractivity contribution in [3.63, 3.8) is 0 Å². The van der Waals surface area contributed by atoms with E-state index in [4.69, 9.17) is 4.52 Å². The number of H-pyrrole nitrogens is 1. The molecule has 3 aromatic heterocycles. The van der Waals surface area contributed by atoms with Crippen molar-refractivity contribution in [2.24, 2.45) is 0 Å². The van der Waals surface area contributed by atoms with Crippen molar-refractivity contribution in [2.75, 3.05) is 0 Å². The molecule has 1 N–H and O–H groups in total. The molecular formula is C16H12N4O2S. The Hall–Kier alpha value is -2.80. The molecule has 0 atom stereocenters. The molecule has 0 amide bonds. The van der Waals surface area contributed by atoms with Gasteiger partial charge >= 0.3 is 0 Å². The topological polar surface area (TPSA) is 84.7 Å². The Labute approximate surface area is 134 Å². The standard InChI is InChI=1S/C16H12N4O2S/c1-8-4-3-5-10(6-8)13-19-15(22-20-13)12-9(2)11-14(21)17-7-18-16(11)23-12/h3-7H,1-2H3,(H,17,18,21). The first-order valence-corrected chi connectivity index (χ1v) is 7.83. The average Bonchev–Trinajstić information content (AvgIpc) is 3.13. The SMILES string of the molecule is Cc1cccc(-c2noc(-c3sc4nc[nH]c(=O)c4c3C)n2)c1. The van der Waals surface area contributed by atoms with Gasteiger partial charge in [-0.15, -0.1) is 11.3 Å². The molecule has 0 radical (unpaired) electrons. The molecule has 0 bridgehead atoms. The highest BCUT2D eigenvalue weighted by Gasteiger charge is 2.19. The van der Waals surface area contributed by atoms with Crippen LogP contribution in [-0.2, 0) is 0 Å². The smallest absolute Gasteiger partial charge is 0.268 e. The normalized spacial score (nSPS) is 11.2. The lowest BCUT2D eigenvalue weighted by Gasteiger charge is -1.95. The van der Waals surface area contributed by atoms with Gasteiger partial charge in [0.2, 0.25) is 5.82 Å². The van der Waals surface area contributed by atoms with E-state index in [9.17, 15) is 4.79 Å². The summed E-state index contributed by atoms with van der Waals surface area (Å²) in [6.45, 7) is 3.88. The number of hydrogen-bond acceptors (Lipinski definition) is 6. The van der Waals surface area contributed by atoms with Crippen molar-refractivity contribution < 1.29 is 4.52 Å². The molecule has 0 fully saturated rings. The van der Waals surface area contributed by atoms with Crippen LogP contribution in [0, 0.1) is 13.8 Å². The Bertz CT molecular complexity index is 1080. The average molecular weight is 324 g/mol. The van der Waals surface area contributed by atoms with Crippen LogP contribution >= 0.6 is 11.3 Å². The van der Waals surface area contributed by atoms with E-state index < -0.39 is 0 Å². The van der Waals surface area contributed by atoms with Gasteiger partial charge < -0.3 is 9.51 Å². The lowest BCUT2D eigenvalue weighted by molar-refractivity contribution is 0.433. The number of fused-ring (bicyclic) bond motifs is 1. The van der Waals surface area contributed by atoms with Crippen molar-refractivity contribution in [1.82, 2.24) is 20.1 Å². The van der Waals surface area contributed by atoms with Crippen molar-refractivity contribution in [3.05, 3.63) is 52.1 Å². The van der Waals surface area contributed by atoms with Crippen LogP contribution in [0.1, 0.15) is 11.1 Å². The second-order valence-corrected chi connectivity index (χ2v) is 6.26. The van der Waals surface area contributed by atoms with Gasteiger partial charge in [0, 0.05) is 5.56 Å². The predicted molar refractivity (Wildman–Crippen MR) is 88.4 cm³/mol. The van der Waals surface area contributed by atoms with E-state index in [0.717, 1.165) is 21.6 Å². The molecule has 0 saturated heterocycles. The quantitative estimate of drug-likeness (QED) is 0.611. The molecule has 0 spiro atoms. The second-order valence-electron chi connectivity index (χ2n) is 5.26. The van der Waals surface area contributed by atoms with E-state index in [1.54, 1.807) is 0 Å². The van der Waals surface area contributed by atoms with Gasteiger partial charge in [0.05, 0.1) is 16.6 Å². The molecule has 23 heavy (non-hydrogen) atoms. The number of aromatic amines is 1. The number of hydrogen-bond donors (Lipinski definition) is 1. The van der Waals surface area contributed by atoms with Crippen LogP contribution in [0.15, 0.2) is 39.9 Å². The maximum absolute atomic E-state index is 12.0. The maximum Gasteiger partial charge on any atom is 0.268 e. The minimum absolute atomic E-state index is 0.159. The third-order valence-corrected chi connectivity index (χ3v) is 4.82. The van der Waals surface area contributed by atoms with Gasteiger partial charge in [-0.05, 0) is 25.5 Å². The van der Waals surface area contributed by atoms with Crippen LogP contribution in [0.2, 0.25) is 0 Å². The van der Waals surface area contributed by atoms with Gasteiger partial charge in [-0.2, -0.15) is 4.98 Å². The van der Waals surface area contributed by atoms with Crippen molar-refractivity contribution in [1.29, 1.82) is 0 Å². The third-order valence-electron chi connectivity index (χ3n) is 3.63. The number of thiophene rings is 1. The highest BCUT2D eigenvalue weighted by molar-refractivity contribution is 7.22. The zero-order valence-corrected chi connectivity index (χ0v) is 13.3. The van der Waals surface area contributed by atoms with Gasteiger partial charge in [-0.25, -0.2) is 4.98 Å². The lowest BCUT2D eigenvalue weighted by Crippen LogP contribution is -2.05. The van der Waals surface area contributed by atoms with Gasteiger partial charge in [0.1, 0.15) is 4.83 Å². The summed E-state index contributed by atoms with van der Waals surface area (Å²) in [7, 11) is 0. The molecule has 1 aromatic carbocycles. The fourth-order valence-electron chi connectivity index (χ4n) is 2.50. The van der Waals surface area contributed by atoms with Crippen LogP contribution in [-0.4, -0.2) is 20.1 Å². The first-order chi connectivity index (χ1) is 11.1. The summed E-state index contributed by atoms with van der Waals surface area (Å²) in [6.07, 6.45) is 1.40. The molecule has 4 aromatic rings. The Balaban J connectivity index is 1.85. The van der Waals surface area contributed by atoms with Gasteiger partial charge in [-0.3, -0.25) is 4.79 Å². The first kappa shape index (κ1) is 13.8. The predicted octanol–water partition coefficient (Wildman–Crippen LogP) is 3.32. The summed E-state index contributed by atoms with van der Waals surface area (Å²) in [5.74, 6) is 0.934. The van der Waals surface area contributed by atoms with Gasteiger partial charge in [-0.1, -0.05) is 28.9 Å². The van der Waals surface area contributed by atoms with E-state index in [2.05, 4.69) is 20.1 Å². The Morgan fingerprint density at radius 2 is 2.13 bits per heavy atom. The molecule has 0 saturated carbocycles. The highest BCUT2D eigenvalue weighted by atomic mass is 32.1. The molecule has 0 aliphatic rings. The van der Waals surface area contributed by atoms with E-state index in [1.165, 1.54) is 17.7 Å². The molecule has 114 valence electrons. The van der Waals surface area contributed by atoms with Crippen molar-refractivity contribution in [3.8, 4) is 22.2 Å². The number of benzene rings is 1. The third kappa shape index (κ3) is 2.25. The van der Waals surface area contributed by atoms with E-state index in [1.807, 2.05) is 38.1 Å². The second kappa shape index (κ2) is 5.13. The molecule has 0 aliphatic heterocycles. The number of rotatable bonds is 2. The van der Waals surface area contributed by atoms with E-state index in [-0.39, 0.29) is 5.56 Å². The highest BCUT2D eigenvalue weighted by Crippen LogP contribution is 2.35. The summed E-state index contributed by atoms with van der Waals surface area (Å²) in [5.41, 5.74) is 2.67. The first-order valence-electron chi connectivity index (χ1n) is 7.01. The van der Waals surface area contributed by atoms with Crippen molar-refractivity contribution in [2.45, 2.75) is 13.8 Å². The van der Waals surface area contributed by atoms with Crippen LogP contribution in [0.4, 0.5) is 0 Å². The van der Waals surface area contributed by atoms with Gasteiger partial charge in [0.25, 0.3) is 11.4 Å². The summed E-state index contributed by atoms with van der Waals surface area (Å²) in [6, 6.07) is 7.90. The van der Waals surface area contributed by atoms with E-state index in [0.29, 0.717) is 21.9 Å². The van der Waals surface area contributed by atoms with Crippen LogP contribution < -0.4 is 5.56 Å². The zero-order valence-electron chi connectivity index (χ0n) is 12.5. The number of nitrogens with one attached hydrogen (secondary N) is 1. The Morgan fingerprint density at radius 1 is 1.26 bits per heavy atom. The molecule has 4 rings (SSSR count). The van der Waals surface area contributed by atoms with E-state index >= 15 is 0 Å². The maximum atomic E-state index is 12.0. The molecule has 7 heteroatoms. The van der Waals surface area contributed by atoms with Crippen molar-refractivity contribution >= 4 is 21.6 Å². The lowest BCUT2D eigenvalue weighted by atomic mass is 10.1. The number of aromatic nitrogens is 4. The molecule has 3 heterocycles. The van der Waals surface area contributed by atoms with Crippen LogP contribution in [0.5, 0.6) is 0 Å². The fourth-order valence-corrected chi connectivity index (χ4v) is 3.57. The summed E-state index contributed by atoms with van der Waals surface area (Å²) in [4.78, 5) is 24.6. The minimum Gasteiger partial charge on any atom is -0.333 e. The number of nitrogens with zero attached hydrogens (tertiary/aromatic N) is 3. The molecule has 6 nitrogen and oxygen atoms in total. The van der Waals surface area contributed by atoms with Crippen LogP contribution in [0.25, 0.3) is 32.4 Å². The monoisotopic (exact) mass is 324 g/mol. The minimum atomic E-state index is -0.159.